The Kier molecular flexibility index (Phi) is 5.10. The zero-order chi connectivity index (χ0) is 16.2. The van der Waals surface area contributed by atoms with Gasteiger partial charge in [-0.25, -0.2) is 13.2 Å². The molecule has 118 valence electrons. The molecule has 0 saturated carbocycles. The minimum atomic E-state index is -3.51. The third kappa shape index (κ3) is 4.51. The van der Waals surface area contributed by atoms with E-state index in [0.717, 1.165) is 0 Å². The van der Waals surface area contributed by atoms with Crippen molar-refractivity contribution < 1.29 is 18.3 Å². The number of sulfonamides is 1. The number of anilines is 1. The minimum absolute atomic E-state index is 0.0139. The Morgan fingerprint density at radius 2 is 1.95 bits per heavy atom. The summed E-state index contributed by atoms with van der Waals surface area (Å²) in [6.45, 7) is 0.604. The molecule has 0 saturated heterocycles. The molecule has 0 unspecified atom stereocenters. The first-order valence-corrected chi connectivity index (χ1v) is 8.54. The predicted molar refractivity (Wildman–Crippen MR) is 84.9 cm³/mol. The van der Waals surface area contributed by atoms with Crippen LogP contribution in [0.1, 0.15) is 16.8 Å². The lowest BCUT2D eigenvalue weighted by atomic mass is 10.2. The second kappa shape index (κ2) is 6.85. The maximum atomic E-state index is 12.0. The molecule has 0 fully saturated rings. The number of aryl methyl sites for hydroxylation is 1. The summed E-state index contributed by atoms with van der Waals surface area (Å²) in [5.41, 5.74) is 0.174. The normalized spacial score (nSPS) is 11.3. The third-order valence-corrected chi connectivity index (χ3v) is 4.65. The standard InChI is InChI=1S/C14H15ClN2O4S/c15-13-10-11(4-5-12(13)14(18)19)16-22(20,21)9-3-8-17-6-1-2-7-17/h1-2,4-7,10,16H,3,8-9H2,(H,18,19). The monoisotopic (exact) mass is 342 g/mol. The van der Waals surface area contributed by atoms with E-state index >= 15 is 0 Å². The van der Waals surface area contributed by atoms with E-state index < -0.39 is 16.0 Å². The summed E-state index contributed by atoms with van der Waals surface area (Å²) in [5.74, 6) is -1.20. The van der Waals surface area contributed by atoms with E-state index in [1.165, 1.54) is 18.2 Å². The van der Waals surface area contributed by atoms with Gasteiger partial charge in [-0.1, -0.05) is 11.6 Å². The number of hydrogen-bond donors (Lipinski definition) is 2. The molecular formula is C14H15ClN2O4S. The van der Waals surface area contributed by atoms with Gasteiger partial charge in [0.2, 0.25) is 10.0 Å². The first-order chi connectivity index (χ1) is 10.4. The number of carbonyl (C=O) groups is 1. The zero-order valence-corrected chi connectivity index (χ0v) is 13.1. The first-order valence-electron chi connectivity index (χ1n) is 6.51. The van der Waals surface area contributed by atoms with E-state index in [0.29, 0.717) is 13.0 Å². The maximum absolute atomic E-state index is 12.0. The molecule has 0 aliphatic carbocycles. The average Bonchev–Trinajstić information content (AvgIpc) is 2.90. The van der Waals surface area contributed by atoms with E-state index in [9.17, 15) is 13.2 Å². The second-order valence-corrected chi connectivity index (χ2v) is 6.94. The summed E-state index contributed by atoms with van der Waals surface area (Å²) in [6, 6.07) is 7.67. The van der Waals surface area contributed by atoms with Crippen LogP contribution in [0, 0.1) is 0 Å². The number of carboxylic acids is 1. The molecule has 0 radical (unpaired) electrons. The van der Waals surface area contributed by atoms with Gasteiger partial charge in [-0.15, -0.1) is 0 Å². The topological polar surface area (TPSA) is 88.4 Å². The lowest BCUT2D eigenvalue weighted by molar-refractivity contribution is 0.0697. The van der Waals surface area contributed by atoms with E-state index in [1.807, 2.05) is 29.1 Å². The van der Waals surface area contributed by atoms with Crippen LogP contribution >= 0.6 is 11.6 Å². The van der Waals surface area contributed by atoms with Gasteiger partial charge < -0.3 is 9.67 Å². The SMILES string of the molecule is O=C(O)c1ccc(NS(=O)(=O)CCCn2cccc2)cc1Cl. The highest BCUT2D eigenvalue weighted by Crippen LogP contribution is 2.21. The highest BCUT2D eigenvalue weighted by atomic mass is 35.5. The number of benzene rings is 1. The number of carboxylic acid groups (broad SMARTS) is 1. The molecule has 0 aliphatic rings. The van der Waals surface area contributed by atoms with Crippen molar-refractivity contribution in [2.45, 2.75) is 13.0 Å². The van der Waals surface area contributed by atoms with Crippen LogP contribution in [0.25, 0.3) is 0 Å². The van der Waals surface area contributed by atoms with Gasteiger partial charge in [-0.05, 0) is 36.8 Å². The van der Waals surface area contributed by atoms with Gasteiger partial charge in [0.05, 0.1) is 16.3 Å². The van der Waals surface area contributed by atoms with Crippen LogP contribution in [0.5, 0.6) is 0 Å². The number of hydrogen-bond acceptors (Lipinski definition) is 3. The van der Waals surface area contributed by atoms with Gasteiger partial charge in [0.1, 0.15) is 0 Å². The fourth-order valence-electron chi connectivity index (χ4n) is 1.94. The summed E-state index contributed by atoms with van der Waals surface area (Å²) in [4.78, 5) is 10.8. The third-order valence-electron chi connectivity index (χ3n) is 2.97. The van der Waals surface area contributed by atoms with Crippen LogP contribution in [0.2, 0.25) is 5.02 Å². The Morgan fingerprint density at radius 1 is 1.27 bits per heavy atom. The molecule has 1 aromatic heterocycles. The Labute approximate surface area is 133 Å². The number of rotatable bonds is 7. The van der Waals surface area contributed by atoms with Crippen LogP contribution in [0.3, 0.4) is 0 Å². The van der Waals surface area contributed by atoms with Crippen LogP contribution in [0.4, 0.5) is 5.69 Å². The fourth-order valence-corrected chi connectivity index (χ4v) is 3.30. The first kappa shape index (κ1) is 16.4. The lowest BCUT2D eigenvalue weighted by Gasteiger charge is -2.09. The molecule has 1 heterocycles. The summed E-state index contributed by atoms with van der Waals surface area (Å²) in [7, 11) is -3.51. The fraction of sp³-hybridized carbons (Fsp3) is 0.214. The maximum Gasteiger partial charge on any atom is 0.337 e. The second-order valence-electron chi connectivity index (χ2n) is 4.70. The molecule has 0 spiro atoms. The Bertz CT molecular complexity index is 757. The van der Waals surface area contributed by atoms with Crippen LogP contribution in [-0.4, -0.2) is 29.8 Å². The van der Waals surface area contributed by atoms with E-state index in [4.69, 9.17) is 16.7 Å². The largest absolute Gasteiger partial charge is 0.478 e. The number of aromatic carboxylic acids is 1. The molecule has 2 aromatic rings. The molecule has 6 nitrogen and oxygen atoms in total. The number of aromatic nitrogens is 1. The van der Waals surface area contributed by atoms with Gasteiger partial charge in [0, 0.05) is 24.6 Å². The Hall–Kier alpha value is -1.99. The van der Waals surface area contributed by atoms with Crippen LogP contribution in [0.15, 0.2) is 42.7 Å². The number of nitrogens with one attached hydrogen (secondary N) is 1. The predicted octanol–water partition coefficient (Wildman–Crippen LogP) is 2.67. The summed E-state index contributed by atoms with van der Waals surface area (Å²) in [5, 5.41) is 8.86. The summed E-state index contributed by atoms with van der Waals surface area (Å²) in [6.07, 6.45) is 4.19. The van der Waals surface area contributed by atoms with Gasteiger partial charge in [-0.3, -0.25) is 4.72 Å². The van der Waals surface area contributed by atoms with Crippen LogP contribution < -0.4 is 4.72 Å². The van der Waals surface area contributed by atoms with E-state index in [1.54, 1.807) is 0 Å². The van der Waals surface area contributed by atoms with Gasteiger partial charge >= 0.3 is 5.97 Å². The van der Waals surface area contributed by atoms with Crippen molar-refractivity contribution in [1.82, 2.24) is 4.57 Å². The molecule has 0 atom stereocenters. The molecule has 0 aliphatic heterocycles. The minimum Gasteiger partial charge on any atom is -0.478 e. The van der Waals surface area contributed by atoms with Gasteiger partial charge in [-0.2, -0.15) is 0 Å². The highest BCUT2D eigenvalue weighted by Gasteiger charge is 2.13. The Balaban J connectivity index is 1.96. The zero-order valence-electron chi connectivity index (χ0n) is 11.6. The Morgan fingerprint density at radius 3 is 2.55 bits per heavy atom. The van der Waals surface area contributed by atoms with Crippen molar-refractivity contribution in [2.75, 3.05) is 10.5 Å². The molecule has 1 aromatic carbocycles. The van der Waals surface area contributed by atoms with E-state index in [2.05, 4.69) is 4.72 Å². The lowest BCUT2D eigenvalue weighted by Crippen LogP contribution is -2.18. The molecule has 0 bridgehead atoms. The van der Waals surface area contributed by atoms with Crippen molar-refractivity contribution in [1.29, 1.82) is 0 Å². The number of halogens is 1. The molecule has 2 N–H and O–H groups in total. The highest BCUT2D eigenvalue weighted by molar-refractivity contribution is 7.92. The molecule has 2 rings (SSSR count). The van der Waals surface area contributed by atoms with Crippen molar-refractivity contribution in [3.8, 4) is 0 Å². The molecule has 8 heteroatoms. The van der Waals surface area contributed by atoms with Crippen molar-refractivity contribution in [3.63, 3.8) is 0 Å². The summed E-state index contributed by atoms with van der Waals surface area (Å²) >= 11 is 5.81. The number of nitrogens with zero attached hydrogens (tertiary/aromatic N) is 1. The molecule has 0 amide bonds. The average molecular weight is 343 g/mol. The van der Waals surface area contributed by atoms with Gasteiger partial charge in [0.15, 0.2) is 0 Å². The smallest absolute Gasteiger partial charge is 0.337 e. The van der Waals surface area contributed by atoms with Crippen LogP contribution in [-0.2, 0) is 16.6 Å². The van der Waals surface area contributed by atoms with Crippen molar-refractivity contribution in [2.24, 2.45) is 0 Å². The molecule has 22 heavy (non-hydrogen) atoms. The van der Waals surface area contributed by atoms with Crippen molar-refractivity contribution in [3.05, 3.63) is 53.3 Å². The summed E-state index contributed by atoms with van der Waals surface area (Å²) < 4.78 is 28.2. The quantitative estimate of drug-likeness (QED) is 0.809. The van der Waals surface area contributed by atoms with Crippen molar-refractivity contribution >= 4 is 33.3 Å². The van der Waals surface area contributed by atoms with Gasteiger partial charge in [0.25, 0.3) is 0 Å². The molecular weight excluding hydrogens is 328 g/mol. The van der Waals surface area contributed by atoms with E-state index in [-0.39, 0.29) is 22.0 Å².